The second-order valence-corrected chi connectivity index (χ2v) is 6.23. The molecule has 0 bridgehead atoms. The van der Waals surface area contributed by atoms with Gasteiger partial charge in [-0.15, -0.1) is 24.0 Å². The van der Waals surface area contributed by atoms with Gasteiger partial charge in [-0.2, -0.15) is 0 Å². The van der Waals surface area contributed by atoms with Crippen LogP contribution in [0.5, 0.6) is 0 Å². The number of guanidine groups is 1. The van der Waals surface area contributed by atoms with Gasteiger partial charge >= 0.3 is 0 Å². The lowest BCUT2D eigenvalue weighted by atomic mass is 10.0. The van der Waals surface area contributed by atoms with E-state index in [0.717, 1.165) is 19.5 Å². The monoisotopic (exact) mass is 421 g/mol. The molecular formula is C16H22F2IN3. The number of nitrogens with zero attached hydrogens (tertiary/aromatic N) is 2. The fraction of sp³-hybridized carbons (Fsp3) is 0.562. The zero-order valence-corrected chi connectivity index (χ0v) is 15.0. The highest BCUT2D eigenvalue weighted by Gasteiger charge is 2.42. The predicted molar refractivity (Wildman–Crippen MR) is 94.5 cm³/mol. The fourth-order valence-electron chi connectivity index (χ4n) is 3.15. The minimum Gasteiger partial charge on any atom is -0.370 e. The Morgan fingerprint density at radius 3 is 2.64 bits per heavy atom. The van der Waals surface area contributed by atoms with Crippen LogP contribution in [0, 0.1) is 17.6 Å². The Kier molecular flexibility index (Phi) is 5.63. The fourth-order valence-corrected chi connectivity index (χ4v) is 3.15. The standard InChI is InChI=1S/C16H21F2N3.HI/c1-10-4-3-7-21(9-10)16(19)20-14-8-11(14)15-12(17)5-2-6-13(15)18;/h2,5-6,10-11,14H,3-4,7-9H2,1H3,(H2,19,20);1H. The van der Waals surface area contributed by atoms with E-state index in [4.69, 9.17) is 5.73 Å². The quantitative estimate of drug-likeness (QED) is 0.452. The zero-order valence-electron chi connectivity index (χ0n) is 12.6. The second-order valence-electron chi connectivity index (χ2n) is 6.23. The molecule has 3 atom stereocenters. The van der Waals surface area contributed by atoms with Crippen LogP contribution in [-0.2, 0) is 0 Å². The Hall–Kier alpha value is -0.920. The van der Waals surface area contributed by atoms with Crippen molar-refractivity contribution in [3.8, 4) is 0 Å². The van der Waals surface area contributed by atoms with Gasteiger partial charge in [0.2, 0.25) is 0 Å². The van der Waals surface area contributed by atoms with Crippen LogP contribution in [0.25, 0.3) is 0 Å². The summed E-state index contributed by atoms with van der Waals surface area (Å²) in [6.07, 6.45) is 3.01. The summed E-state index contributed by atoms with van der Waals surface area (Å²) >= 11 is 0. The third-order valence-electron chi connectivity index (χ3n) is 4.41. The van der Waals surface area contributed by atoms with Crippen molar-refractivity contribution < 1.29 is 8.78 Å². The molecule has 1 aliphatic heterocycles. The van der Waals surface area contributed by atoms with Gasteiger partial charge in [0.05, 0.1) is 6.04 Å². The molecule has 2 aliphatic rings. The minimum atomic E-state index is -0.483. The number of nitrogens with two attached hydrogens (primary N) is 1. The van der Waals surface area contributed by atoms with E-state index in [1.807, 2.05) is 0 Å². The van der Waals surface area contributed by atoms with E-state index < -0.39 is 11.6 Å². The van der Waals surface area contributed by atoms with Crippen molar-refractivity contribution >= 4 is 29.9 Å². The second kappa shape index (κ2) is 7.10. The van der Waals surface area contributed by atoms with Crippen LogP contribution in [0.1, 0.15) is 37.7 Å². The van der Waals surface area contributed by atoms with Crippen molar-refractivity contribution in [3.63, 3.8) is 0 Å². The molecule has 1 aliphatic carbocycles. The van der Waals surface area contributed by atoms with Crippen LogP contribution in [0.15, 0.2) is 23.2 Å². The number of likely N-dealkylation sites (tertiary alicyclic amines) is 1. The first kappa shape index (κ1) is 17.4. The first-order valence-corrected chi connectivity index (χ1v) is 7.58. The number of benzene rings is 1. The molecule has 1 saturated heterocycles. The maximum Gasteiger partial charge on any atom is 0.191 e. The lowest BCUT2D eigenvalue weighted by molar-refractivity contribution is 0.270. The highest BCUT2D eigenvalue weighted by atomic mass is 127. The molecule has 2 N–H and O–H groups in total. The lowest BCUT2D eigenvalue weighted by Crippen LogP contribution is -2.43. The summed E-state index contributed by atoms with van der Waals surface area (Å²) in [7, 11) is 0. The van der Waals surface area contributed by atoms with Crippen molar-refractivity contribution in [1.82, 2.24) is 4.90 Å². The molecule has 1 heterocycles. The molecule has 1 aromatic rings. The summed E-state index contributed by atoms with van der Waals surface area (Å²) in [5.41, 5.74) is 6.21. The van der Waals surface area contributed by atoms with Crippen molar-refractivity contribution in [2.24, 2.45) is 16.6 Å². The lowest BCUT2D eigenvalue weighted by Gasteiger charge is -2.31. The molecule has 3 unspecified atom stereocenters. The first-order chi connectivity index (χ1) is 10.1. The molecule has 0 spiro atoms. The average molecular weight is 421 g/mol. The first-order valence-electron chi connectivity index (χ1n) is 7.58. The van der Waals surface area contributed by atoms with Crippen molar-refractivity contribution in [1.29, 1.82) is 0 Å². The van der Waals surface area contributed by atoms with Crippen molar-refractivity contribution in [2.75, 3.05) is 13.1 Å². The Labute approximate surface area is 147 Å². The number of rotatable bonds is 2. The molecule has 2 fully saturated rings. The number of piperidine rings is 1. The average Bonchev–Trinajstić information content (AvgIpc) is 3.17. The van der Waals surface area contributed by atoms with Gasteiger partial charge in [-0.05, 0) is 37.3 Å². The number of hydrogen-bond acceptors (Lipinski definition) is 1. The molecule has 3 rings (SSSR count). The van der Waals surface area contributed by atoms with Gasteiger partial charge in [-0.25, -0.2) is 13.8 Å². The van der Waals surface area contributed by atoms with Gasteiger partial charge in [0.25, 0.3) is 0 Å². The summed E-state index contributed by atoms with van der Waals surface area (Å²) in [5, 5.41) is 0. The van der Waals surface area contributed by atoms with Crippen LogP contribution in [0.2, 0.25) is 0 Å². The van der Waals surface area contributed by atoms with E-state index in [1.165, 1.54) is 24.6 Å². The summed E-state index contributed by atoms with van der Waals surface area (Å²) in [5.74, 6) is -0.00462. The topological polar surface area (TPSA) is 41.6 Å². The molecular weight excluding hydrogens is 399 g/mol. The Balaban J connectivity index is 0.00000176. The summed E-state index contributed by atoms with van der Waals surface area (Å²) in [4.78, 5) is 6.56. The highest BCUT2D eigenvalue weighted by Crippen LogP contribution is 2.45. The van der Waals surface area contributed by atoms with Gasteiger partial charge in [-0.1, -0.05) is 13.0 Å². The van der Waals surface area contributed by atoms with Crippen molar-refractivity contribution in [2.45, 2.75) is 38.1 Å². The van der Waals surface area contributed by atoms with Crippen LogP contribution in [0.3, 0.4) is 0 Å². The molecule has 1 saturated carbocycles. The minimum absolute atomic E-state index is 0. The molecule has 1 aromatic carbocycles. The molecule has 3 nitrogen and oxygen atoms in total. The summed E-state index contributed by atoms with van der Waals surface area (Å²) in [6.45, 7) is 4.04. The van der Waals surface area contributed by atoms with Crippen LogP contribution >= 0.6 is 24.0 Å². The molecule has 6 heteroatoms. The number of aliphatic imine (C=N–C) groups is 1. The number of halogens is 3. The third kappa shape index (κ3) is 3.70. The van der Waals surface area contributed by atoms with Crippen LogP contribution in [-0.4, -0.2) is 30.0 Å². The summed E-state index contributed by atoms with van der Waals surface area (Å²) in [6, 6.07) is 3.90. The van der Waals surface area contributed by atoms with Crippen LogP contribution < -0.4 is 5.73 Å². The van der Waals surface area contributed by atoms with Gasteiger partial charge in [0.1, 0.15) is 11.6 Å². The Morgan fingerprint density at radius 1 is 1.32 bits per heavy atom. The highest BCUT2D eigenvalue weighted by molar-refractivity contribution is 14.0. The molecule has 0 radical (unpaired) electrons. The maximum atomic E-state index is 13.7. The normalized spacial score (nSPS) is 28.2. The van der Waals surface area contributed by atoms with Gasteiger partial charge in [0.15, 0.2) is 5.96 Å². The largest absolute Gasteiger partial charge is 0.370 e. The van der Waals surface area contributed by atoms with E-state index in [2.05, 4.69) is 16.8 Å². The van der Waals surface area contributed by atoms with Gasteiger partial charge < -0.3 is 10.6 Å². The van der Waals surface area contributed by atoms with Crippen LogP contribution in [0.4, 0.5) is 8.78 Å². The Morgan fingerprint density at radius 2 is 2.00 bits per heavy atom. The van der Waals surface area contributed by atoms with Crippen molar-refractivity contribution in [3.05, 3.63) is 35.4 Å². The van der Waals surface area contributed by atoms with Gasteiger partial charge in [-0.3, -0.25) is 0 Å². The molecule has 22 heavy (non-hydrogen) atoms. The summed E-state index contributed by atoms with van der Waals surface area (Å²) < 4.78 is 27.5. The van der Waals surface area contributed by atoms with E-state index in [0.29, 0.717) is 18.3 Å². The predicted octanol–water partition coefficient (Wildman–Crippen LogP) is 3.49. The smallest absolute Gasteiger partial charge is 0.191 e. The van der Waals surface area contributed by atoms with Gasteiger partial charge in [0, 0.05) is 24.6 Å². The van der Waals surface area contributed by atoms with E-state index in [9.17, 15) is 8.78 Å². The molecule has 0 amide bonds. The SMILES string of the molecule is CC1CCCN(C(N)=NC2CC2c2c(F)cccc2F)C1.I. The molecule has 0 aromatic heterocycles. The van der Waals surface area contributed by atoms with E-state index >= 15 is 0 Å². The maximum absolute atomic E-state index is 13.7. The number of hydrogen-bond donors (Lipinski definition) is 1. The third-order valence-corrected chi connectivity index (χ3v) is 4.41. The Bertz CT molecular complexity index is 544. The van der Waals surface area contributed by atoms with E-state index in [1.54, 1.807) is 0 Å². The van der Waals surface area contributed by atoms with E-state index in [-0.39, 0.29) is 41.5 Å². The molecule has 122 valence electrons. The zero-order chi connectivity index (χ0) is 15.0.